The highest BCUT2D eigenvalue weighted by atomic mass is 28.4. The van der Waals surface area contributed by atoms with Crippen LogP contribution in [-0.2, 0) is 14.3 Å². The maximum absolute atomic E-state index is 13.2. The Morgan fingerprint density at radius 1 is 1.29 bits per heavy atom. The second kappa shape index (κ2) is 9.97. The molecule has 3 aliphatic rings. The number of hydrogen-bond donors (Lipinski definition) is 2. The Labute approximate surface area is 203 Å². The predicted octanol–water partition coefficient (Wildman–Crippen LogP) is 2.84. The highest BCUT2D eigenvalue weighted by Gasteiger charge is 2.48. The van der Waals surface area contributed by atoms with E-state index in [0.717, 1.165) is 30.5 Å². The van der Waals surface area contributed by atoms with E-state index >= 15 is 0 Å². The summed E-state index contributed by atoms with van der Waals surface area (Å²) in [5.74, 6) is 0.669. The second-order valence-electron chi connectivity index (χ2n) is 10.5. The monoisotopic (exact) mass is 490 g/mol. The molecule has 34 heavy (non-hydrogen) atoms. The van der Waals surface area contributed by atoms with E-state index in [1.165, 1.54) is 0 Å². The minimum absolute atomic E-state index is 0.0327. The number of anilines is 1. The minimum atomic E-state index is -2.81. The lowest BCUT2D eigenvalue weighted by molar-refractivity contribution is -0.133. The molecule has 0 spiro atoms. The molecule has 2 fully saturated rings. The molecular formula is C25H38N2O6Si. The van der Waals surface area contributed by atoms with Crippen LogP contribution in [0.3, 0.4) is 0 Å². The van der Waals surface area contributed by atoms with Crippen LogP contribution in [0.5, 0.6) is 5.75 Å². The number of ether oxygens (including phenoxy) is 2. The number of aliphatic hydroxyl groups excluding tert-OH is 1. The van der Waals surface area contributed by atoms with E-state index in [1.54, 1.807) is 12.0 Å². The van der Waals surface area contributed by atoms with Crippen molar-refractivity contribution in [1.29, 1.82) is 0 Å². The third-order valence-electron chi connectivity index (χ3n) is 7.80. The van der Waals surface area contributed by atoms with E-state index in [1.807, 2.05) is 43.1 Å². The standard InChI is InChI=1S/C25H38N2O6Si/c1-16-24(32-2)19-13-17(26-12-6-8-22(26)29)9-10-20(19)33-25(16)21(34(3,4)31)14-23(30)27-11-5-7-18(27)15-28/h9-10,13,16,18,21,24-25,28,31H,5-8,11-12,14-15H2,1-4H3/t16-,18+,21?,24-,25-/m1/s1. The average molecular weight is 491 g/mol. The topological polar surface area (TPSA) is 99.5 Å². The van der Waals surface area contributed by atoms with Gasteiger partial charge in [0.1, 0.15) is 11.9 Å². The zero-order chi connectivity index (χ0) is 24.6. The van der Waals surface area contributed by atoms with Gasteiger partial charge in [0.15, 0.2) is 8.32 Å². The first-order chi connectivity index (χ1) is 16.2. The van der Waals surface area contributed by atoms with Gasteiger partial charge in [-0.15, -0.1) is 0 Å². The first kappa shape index (κ1) is 25.2. The van der Waals surface area contributed by atoms with E-state index in [4.69, 9.17) is 9.47 Å². The number of benzene rings is 1. The van der Waals surface area contributed by atoms with Crippen LogP contribution in [0.15, 0.2) is 18.2 Å². The van der Waals surface area contributed by atoms with E-state index < -0.39 is 8.32 Å². The van der Waals surface area contributed by atoms with Crippen LogP contribution in [0.4, 0.5) is 5.69 Å². The Kier molecular flexibility index (Phi) is 7.38. The Balaban J connectivity index is 1.61. The number of aliphatic hydroxyl groups is 1. The van der Waals surface area contributed by atoms with Crippen molar-refractivity contribution >= 4 is 25.8 Å². The van der Waals surface area contributed by atoms with Gasteiger partial charge in [0, 0.05) is 55.8 Å². The molecule has 1 unspecified atom stereocenters. The molecular weight excluding hydrogens is 452 g/mol. The van der Waals surface area contributed by atoms with Crippen molar-refractivity contribution in [1.82, 2.24) is 4.90 Å². The molecule has 2 saturated heterocycles. The van der Waals surface area contributed by atoms with Gasteiger partial charge in [-0.2, -0.15) is 0 Å². The summed E-state index contributed by atoms with van der Waals surface area (Å²) in [6.45, 7) is 7.08. The molecule has 5 atom stereocenters. The molecule has 188 valence electrons. The molecule has 8 nitrogen and oxygen atoms in total. The molecule has 3 aliphatic heterocycles. The smallest absolute Gasteiger partial charge is 0.227 e. The Bertz CT molecular complexity index is 919. The molecule has 0 radical (unpaired) electrons. The highest BCUT2D eigenvalue weighted by molar-refractivity contribution is 6.71. The minimum Gasteiger partial charge on any atom is -0.490 e. The Morgan fingerprint density at radius 3 is 2.68 bits per heavy atom. The first-order valence-electron chi connectivity index (χ1n) is 12.4. The number of amides is 2. The van der Waals surface area contributed by atoms with E-state index in [0.29, 0.717) is 25.3 Å². The molecule has 2 N–H and O–H groups in total. The van der Waals surface area contributed by atoms with Crippen LogP contribution in [0.25, 0.3) is 0 Å². The summed E-state index contributed by atoms with van der Waals surface area (Å²) < 4.78 is 12.4. The van der Waals surface area contributed by atoms with Crippen molar-refractivity contribution in [2.75, 3.05) is 31.7 Å². The molecule has 0 aliphatic carbocycles. The molecule has 1 aromatic carbocycles. The lowest BCUT2D eigenvalue weighted by atomic mass is 9.86. The number of likely N-dealkylation sites (tertiary alicyclic amines) is 1. The number of rotatable bonds is 7. The van der Waals surface area contributed by atoms with Crippen molar-refractivity contribution in [2.24, 2.45) is 5.92 Å². The van der Waals surface area contributed by atoms with Crippen molar-refractivity contribution < 1.29 is 29.0 Å². The number of carbonyl (C=O) groups excluding carboxylic acids is 2. The van der Waals surface area contributed by atoms with E-state index in [9.17, 15) is 19.5 Å². The van der Waals surface area contributed by atoms with Crippen LogP contribution in [0.2, 0.25) is 18.6 Å². The molecule has 2 amide bonds. The lowest BCUT2D eigenvalue weighted by Crippen LogP contribution is -2.50. The number of hydrogen-bond acceptors (Lipinski definition) is 6. The quantitative estimate of drug-likeness (QED) is 0.570. The van der Waals surface area contributed by atoms with Crippen LogP contribution < -0.4 is 9.64 Å². The summed E-state index contributed by atoms with van der Waals surface area (Å²) in [7, 11) is -1.14. The van der Waals surface area contributed by atoms with Gasteiger partial charge in [0.05, 0.1) is 18.8 Å². The fourth-order valence-electron chi connectivity index (χ4n) is 5.88. The predicted molar refractivity (Wildman–Crippen MR) is 131 cm³/mol. The largest absolute Gasteiger partial charge is 0.490 e. The van der Waals surface area contributed by atoms with Crippen LogP contribution >= 0.6 is 0 Å². The molecule has 1 aromatic rings. The van der Waals surface area contributed by atoms with E-state index in [-0.39, 0.29) is 54.6 Å². The summed E-state index contributed by atoms with van der Waals surface area (Å²) in [5.41, 5.74) is 1.41. The lowest BCUT2D eigenvalue weighted by Gasteiger charge is -2.44. The van der Waals surface area contributed by atoms with Gasteiger partial charge in [-0.3, -0.25) is 9.59 Å². The van der Waals surface area contributed by atoms with Crippen LogP contribution in [0.1, 0.15) is 50.7 Å². The van der Waals surface area contributed by atoms with Gasteiger partial charge in [-0.25, -0.2) is 0 Å². The van der Waals surface area contributed by atoms with Gasteiger partial charge < -0.3 is 29.2 Å². The van der Waals surface area contributed by atoms with Gasteiger partial charge >= 0.3 is 0 Å². The Morgan fingerprint density at radius 2 is 2.06 bits per heavy atom. The zero-order valence-electron chi connectivity index (χ0n) is 20.7. The first-order valence-corrected chi connectivity index (χ1v) is 15.4. The molecule has 0 bridgehead atoms. The van der Waals surface area contributed by atoms with E-state index in [2.05, 4.69) is 0 Å². The summed E-state index contributed by atoms with van der Waals surface area (Å²) in [6, 6.07) is 5.63. The van der Waals surface area contributed by atoms with Crippen LogP contribution in [-0.4, -0.2) is 73.9 Å². The van der Waals surface area contributed by atoms with Gasteiger partial charge in [-0.1, -0.05) is 6.92 Å². The zero-order valence-corrected chi connectivity index (χ0v) is 21.7. The molecule has 0 saturated carbocycles. The SMILES string of the molecule is CO[C@H]1c2cc(N3CCCC3=O)ccc2O[C@@H](C(CC(=O)N2CCC[C@H]2CO)[Si](C)(C)O)[C@@H]1C. The maximum Gasteiger partial charge on any atom is 0.227 e. The second-order valence-corrected chi connectivity index (χ2v) is 14.5. The third kappa shape index (κ3) is 4.75. The van der Waals surface area contributed by atoms with Crippen molar-refractivity contribution in [3.8, 4) is 5.75 Å². The van der Waals surface area contributed by atoms with Gasteiger partial charge in [0.25, 0.3) is 0 Å². The van der Waals surface area contributed by atoms with Crippen LogP contribution in [0, 0.1) is 5.92 Å². The number of carbonyl (C=O) groups is 2. The van der Waals surface area contributed by atoms with Crippen molar-refractivity contribution in [2.45, 2.75) is 75.9 Å². The van der Waals surface area contributed by atoms with Gasteiger partial charge in [0.2, 0.25) is 11.8 Å². The summed E-state index contributed by atoms with van der Waals surface area (Å²) in [4.78, 5) is 40.3. The fraction of sp³-hybridized carbons (Fsp3) is 0.680. The van der Waals surface area contributed by atoms with Crippen molar-refractivity contribution in [3.05, 3.63) is 23.8 Å². The fourth-order valence-corrected chi connectivity index (χ4v) is 7.73. The molecule has 0 aromatic heterocycles. The highest BCUT2D eigenvalue weighted by Crippen LogP contribution is 2.48. The number of methoxy groups -OCH3 is 1. The average Bonchev–Trinajstić information content (AvgIpc) is 3.45. The summed E-state index contributed by atoms with van der Waals surface area (Å²) in [5, 5.41) is 9.66. The van der Waals surface area contributed by atoms with Gasteiger partial charge in [-0.05, 0) is 50.6 Å². The third-order valence-corrected chi connectivity index (χ3v) is 10.2. The Hall–Kier alpha value is -1.94. The summed E-state index contributed by atoms with van der Waals surface area (Å²) >= 11 is 0. The summed E-state index contributed by atoms with van der Waals surface area (Å²) in [6.07, 6.45) is 2.65. The number of nitrogens with zero attached hydrogens (tertiary/aromatic N) is 2. The normalized spacial score (nSPS) is 28.1. The molecule has 3 heterocycles. The van der Waals surface area contributed by atoms with Crippen molar-refractivity contribution in [3.63, 3.8) is 0 Å². The molecule has 9 heteroatoms. The number of fused-ring (bicyclic) bond motifs is 1. The maximum atomic E-state index is 13.2. The molecule has 4 rings (SSSR count).